The number of nitrogens with zero attached hydrogens (tertiary/aromatic N) is 1. The van der Waals surface area contributed by atoms with Gasteiger partial charge in [-0.2, -0.15) is 0 Å². The fourth-order valence-electron chi connectivity index (χ4n) is 1.73. The van der Waals surface area contributed by atoms with Crippen molar-refractivity contribution in [1.82, 2.24) is 4.98 Å². The maximum absolute atomic E-state index is 4.68. The highest BCUT2D eigenvalue weighted by Gasteiger charge is 2.10. The minimum atomic E-state index is 0.613. The summed E-state index contributed by atoms with van der Waals surface area (Å²) < 4.78 is 1.32. The Morgan fingerprint density at radius 3 is 2.87 bits per heavy atom. The smallest absolute Gasteiger partial charge is 0.0966 e. The SMILES string of the molecule is CCCCC(C)c1nc2ccccc2s1. The Labute approximate surface area is 95.2 Å². The van der Waals surface area contributed by atoms with Crippen molar-refractivity contribution < 1.29 is 0 Å². The summed E-state index contributed by atoms with van der Waals surface area (Å²) in [6.07, 6.45) is 3.84. The van der Waals surface area contributed by atoms with Crippen LogP contribution in [0.1, 0.15) is 44.0 Å². The first-order chi connectivity index (χ1) is 7.31. The third-order valence-electron chi connectivity index (χ3n) is 2.72. The third kappa shape index (κ3) is 2.37. The Morgan fingerprint density at radius 1 is 1.33 bits per heavy atom. The van der Waals surface area contributed by atoms with Crippen LogP contribution in [0.25, 0.3) is 10.2 Å². The molecule has 1 unspecified atom stereocenters. The van der Waals surface area contributed by atoms with Gasteiger partial charge in [-0.05, 0) is 18.6 Å². The molecule has 0 saturated carbocycles. The van der Waals surface area contributed by atoms with Gasteiger partial charge >= 0.3 is 0 Å². The van der Waals surface area contributed by atoms with Crippen LogP contribution < -0.4 is 0 Å². The van der Waals surface area contributed by atoms with Gasteiger partial charge in [0.1, 0.15) is 0 Å². The lowest BCUT2D eigenvalue weighted by Gasteiger charge is -2.05. The summed E-state index contributed by atoms with van der Waals surface area (Å²) in [7, 11) is 0. The van der Waals surface area contributed by atoms with Gasteiger partial charge in [0.05, 0.1) is 15.2 Å². The van der Waals surface area contributed by atoms with Crippen molar-refractivity contribution in [1.29, 1.82) is 0 Å². The van der Waals surface area contributed by atoms with Crippen LogP contribution in [0.15, 0.2) is 24.3 Å². The molecule has 2 aromatic rings. The average molecular weight is 219 g/mol. The molecule has 1 atom stereocenters. The molecule has 0 aliphatic carbocycles. The van der Waals surface area contributed by atoms with Crippen molar-refractivity contribution >= 4 is 21.6 Å². The lowest BCUT2D eigenvalue weighted by atomic mass is 10.1. The maximum atomic E-state index is 4.68. The second kappa shape index (κ2) is 4.75. The monoisotopic (exact) mass is 219 g/mol. The van der Waals surface area contributed by atoms with Gasteiger partial charge in [0.15, 0.2) is 0 Å². The van der Waals surface area contributed by atoms with Crippen LogP contribution in [0, 0.1) is 0 Å². The summed E-state index contributed by atoms with van der Waals surface area (Å²) in [4.78, 5) is 4.68. The van der Waals surface area contributed by atoms with Crippen molar-refractivity contribution in [2.75, 3.05) is 0 Å². The number of thiazole rings is 1. The third-order valence-corrected chi connectivity index (χ3v) is 3.99. The van der Waals surface area contributed by atoms with Gasteiger partial charge < -0.3 is 0 Å². The average Bonchev–Trinajstić information content (AvgIpc) is 2.69. The zero-order valence-electron chi connectivity index (χ0n) is 9.36. The van der Waals surface area contributed by atoms with Gasteiger partial charge in [0.25, 0.3) is 0 Å². The molecule has 0 amide bonds. The lowest BCUT2D eigenvalue weighted by Crippen LogP contribution is -1.91. The number of benzene rings is 1. The van der Waals surface area contributed by atoms with Crippen molar-refractivity contribution in [3.8, 4) is 0 Å². The molecule has 0 radical (unpaired) electrons. The van der Waals surface area contributed by atoms with E-state index < -0.39 is 0 Å². The molecule has 1 nitrogen and oxygen atoms in total. The molecule has 0 saturated heterocycles. The molecule has 2 heteroatoms. The van der Waals surface area contributed by atoms with Crippen LogP contribution in [-0.2, 0) is 0 Å². The van der Waals surface area contributed by atoms with Gasteiger partial charge in [-0.25, -0.2) is 4.98 Å². The molecule has 1 aromatic heterocycles. The first kappa shape index (κ1) is 10.6. The highest BCUT2D eigenvalue weighted by atomic mass is 32.1. The maximum Gasteiger partial charge on any atom is 0.0966 e. The Morgan fingerprint density at radius 2 is 2.13 bits per heavy atom. The molecular weight excluding hydrogens is 202 g/mol. The molecule has 80 valence electrons. The van der Waals surface area contributed by atoms with E-state index in [9.17, 15) is 0 Å². The predicted molar refractivity (Wildman–Crippen MR) is 67.6 cm³/mol. The fraction of sp³-hybridized carbons (Fsp3) is 0.462. The molecule has 0 aliphatic rings. The standard InChI is InChI=1S/C13H17NS/c1-3-4-7-10(2)13-14-11-8-5-6-9-12(11)15-13/h5-6,8-10H,3-4,7H2,1-2H3. The minimum absolute atomic E-state index is 0.613. The molecule has 1 heterocycles. The van der Waals surface area contributed by atoms with E-state index in [1.807, 2.05) is 11.3 Å². The van der Waals surface area contributed by atoms with Crippen molar-refractivity contribution in [2.45, 2.75) is 39.0 Å². The van der Waals surface area contributed by atoms with Crippen LogP contribution in [0.5, 0.6) is 0 Å². The first-order valence-corrected chi connectivity index (χ1v) is 6.48. The van der Waals surface area contributed by atoms with E-state index in [2.05, 4.69) is 43.1 Å². The highest BCUT2D eigenvalue weighted by Crippen LogP contribution is 2.29. The van der Waals surface area contributed by atoms with E-state index in [4.69, 9.17) is 0 Å². The van der Waals surface area contributed by atoms with Gasteiger partial charge in [-0.1, -0.05) is 38.8 Å². The van der Waals surface area contributed by atoms with Crippen molar-refractivity contribution in [3.05, 3.63) is 29.3 Å². The molecule has 0 fully saturated rings. The van der Waals surface area contributed by atoms with E-state index in [-0.39, 0.29) is 0 Å². The van der Waals surface area contributed by atoms with E-state index in [1.54, 1.807) is 0 Å². The number of hydrogen-bond acceptors (Lipinski definition) is 2. The molecule has 0 N–H and O–H groups in total. The topological polar surface area (TPSA) is 12.9 Å². The molecule has 0 aliphatic heterocycles. The highest BCUT2D eigenvalue weighted by molar-refractivity contribution is 7.18. The fourth-order valence-corrected chi connectivity index (χ4v) is 2.79. The Bertz CT molecular complexity index is 400. The number of unbranched alkanes of at least 4 members (excludes halogenated alkanes) is 1. The van der Waals surface area contributed by atoms with E-state index in [0.29, 0.717) is 5.92 Å². The number of rotatable bonds is 4. The summed E-state index contributed by atoms with van der Waals surface area (Å²) in [6.45, 7) is 4.53. The summed E-state index contributed by atoms with van der Waals surface area (Å²) in [6, 6.07) is 8.40. The van der Waals surface area contributed by atoms with Gasteiger partial charge in [-0.3, -0.25) is 0 Å². The van der Waals surface area contributed by atoms with Crippen LogP contribution in [0.3, 0.4) is 0 Å². The molecule has 0 spiro atoms. The van der Waals surface area contributed by atoms with Crippen molar-refractivity contribution in [2.24, 2.45) is 0 Å². The summed E-state index contributed by atoms with van der Waals surface area (Å²) >= 11 is 1.84. The van der Waals surface area contributed by atoms with Gasteiger partial charge in [-0.15, -0.1) is 11.3 Å². The van der Waals surface area contributed by atoms with Gasteiger partial charge in [0, 0.05) is 5.92 Å². The predicted octanol–water partition coefficient (Wildman–Crippen LogP) is 4.59. The largest absolute Gasteiger partial charge is 0.241 e. The summed E-state index contributed by atoms with van der Waals surface area (Å²) in [5, 5.41) is 1.30. The summed E-state index contributed by atoms with van der Waals surface area (Å²) in [5.74, 6) is 0.613. The Balaban J connectivity index is 2.20. The molecule has 1 aromatic carbocycles. The lowest BCUT2D eigenvalue weighted by molar-refractivity contribution is 0.622. The van der Waals surface area contributed by atoms with E-state index in [0.717, 1.165) is 5.52 Å². The molecule has 15 heavy (non-hydrogen) atoms. The number of aromatic nitrogens is 1. The molecular formula is C13H17NS. The first-order valence-electron chi connectivity index (χ1n) is 5.66. The Kier molecular flexibility index (Phi) is 3.37. The Hall–Kier alpha value is -0.890. The van der Waals surface area contributed by atoms with E-state index in [1.165, 1.54) is 29.0 Å². The number of para-hydroxylation sites is 1. The summed E-state index contributed by atoms with van der Waals surface area (Å²) in [5.41, 5.74) is 1.15. The molecule has 0 bridgehead atoms. The van der Waals surface area contributed by atoms with E-state index >= 15 is 0 Å². The van der Waals surface area contributed by atoms with Crippen LogP contribution >= 0.6 is 11.3 Å². The zero-order valence-corrected chi connectivity index (χ0v) is 10.2. The normalized spacial score (nSPS) is 13.2. The molecule has 2 rings (SSSR count). The second-order valence-electron chi connectivity index (χ2n) is 4.06. The minimum Gasteiger partial charge on any atom is -0.241 e. The number of hydrogen-bond donors (Lipinski definition) is 0. The zero-order chi connectivity index (χ0) is 10.7. The van der Waals surface area contributed by atoms with Crippen LogP contribution in [-0.4, -0.2) is 4.98 Å². The second-order valence-corrected chi connectivity index (χ2v) is 5.13. The number of fused-ring (bicyclic) bond motifs is 1. The van der Waals surface area contributed by atoms with Gasteiger partial charge in [0.2, 0.25) is 0 Å². The quantitative estimate of drug-likeness (QED) is 0.733. The van der Waals surface area contributed by atoms with Crippen molar-refractivity contribution in [3.63, 3.8) is 0 Å². The van der Waals surface area contributed by atoms with Crippen LogP contribution in [0.4, 0.5) is 0 Å². The van der Waals surface area contributed by atoms with Crippen LogP contribution in [0.2, 0.25) is 0 Å².